The van der Waals surface area contributed by atoms with E-state index in [1.165, 1.54) is 30.1 Å². The maximum Gasteiger partial charge on any atom is 0.262 e. The number of ether oxygens (including phenoxy) is 1. The fraction of sp³-hybridized carbons (Fsp3) is 0.231. The van der Waals surface area contributed by atoms with Crippen LogP contribution in [0.15, 0.2) is 72.8 Å². The van der Waals surface area contributed by atoms with Crippen LogP contribution >= 0.6 is 11.6 Å². The summed E-state index contributed by atoms with van der Waals surface area (Å²) in [7, 11) is -2.23. The van der Waals surface area contributed by atoms with Crippen molar-refractivity contribution in [1.29, 1.82) is 0 Å². The molecule has 3 aromatic carbocycles. The van der Waals surface area contributed by atoms with Crippen LogP contribution in [0.5, 0.6) is 5.75 Å². The summed E-state index contributed by atoms with van der Waals surface area (Å²) in [6.07, 6.45) is 0.807. The quantitative estimate of drug-likeness (QED) is 0.507. The van der Waals surface area contributed by atoms with Crippen molar-refractivity contribution in [2.45, 2.75) is 12.5 Å². The fourth-order valence-electron chi connectivity index (χ4n) is 3.87. The molecule has 0 fully saturated rings. The predicted octanol–water partition coefficient (Wildman–Crippen LogP) is 3.50. The van der Waals surface area contributed by atoms with Crippen molar-refractivity contribution in [2.24, 2.45) is 0 Å². The van der Waals surface area contributed by atoms with E-state index in [9.17, 15) is 18.0 Å². The molecule has 0 bridgehead atoms. The monoisotopic (exact) mass is 527 g/mol. The molecule has 3 aromatic rings. The van der Waals surface area contributed by atoms with E-state index in [1.54, 1.807) is 24.3 Å². The van der Waals surface area contributed by atoms with Gasteiger partial charge < -0.3 is 15.0 Å². The Bertz CT molecular complexity index is 1380. The van der Waals surface area contributed by atoms with Gasteiger partial charge in [-0.25, -0.2) is 8.42 Å². The normalized spacial score (nSPS) is 15.0. The molecule has 1 aliphatic heterocycles. The van der Waals surface area contributed by atoms with Crippen molar-refractivity contribution in [3.05, 3.63) is 88.9 Å². The number of hydrogen-bond acceptors (Lipinski definition) is 5. The van der Waals surface area contributed by atoms with Gasteiger partial charge in [-0.2, -0.15) is 0 Å². The first-order chi connectivity index (χ1) is 17.1. The zero-order chi connectivity index (χ0) is 25.9. The van der Waals surface area contributed by atoms with Gasteiger partial charge in [-0.3, -0.25) is 13.9 Å². The molecule has 0 saturated heterocycles. The lowest BCUT2D eigenvalue weighted by atomic mass is 10.1. The van der Waals surface area contributed by atoms with Crippen molar-refractivity contribution < 1.29 is 22.7 Å². The standard InChI is InChI=1S/C26H26ClN3O5S/c1-29(36(2,33)34)22-16-19(12-13-20(22)27)26(32)30-17-24(35-23-11-7-6-10-21(23)30)25(31)28-15-14-18-8-4-3-5-9-18/h3-13,16,24H,14-15,17H2,1-2H3,(H,28,31). The molecule has 1 N–H and O–H groups in total. The second-order valence-electron chi connectivity index (χ2n) is 8.41. The van der Waals surface area contributed by atoms with Crippen molar-refractivity contribution >= 4 is 44.8 Å². The number of halogens is 1. The van der Waals surface area contributed by atoms with Crippen LogP contribution in [0.4, 0.5) is 11.4 Å². The van der Waals surface area contributed by atoms with Gasteiger partial charge in [0, 0.05) is 19.2 Å². The second kappa shape index (κ2) is 10.6. The van der Waals surface area contributed by atoms with Crippen LogP contribution in [-0.4, -0.2) is 52.7 Å². The van der Waals surface area contributed by atoms with Crippen molar-refractivity contribution in [2.75, 3.05) is 35.6 Å². The largest absolute Gasteiger partial charge is 0.477 e. The molecule has 1 aliphatic rings. The summed E-state index contributed by atoms with van der Waals surface area (Å²) in [4.78, 5) is 28.0. The summed E-state index contributed by atoms with van der Waals surface area (Å²) in [6.45, 7) is 0.420. The molecule has 188 valence electrons. The van der Waals surface area contributed by atoms with Crippen molar-refractivity contribution in [3.8, 4) is 5.75 Å². The third-order valence-corrected chi connectivity index (χ3v) is 7.41. The first-order valence-corrected chi connectivity index (χ1v) is 13.5. The van der Waals surface area contributed by atoms with E-state index in [4.69, 9.17) is 16.3 Å². The minimum atomic E-state index is -3.59. The molecular formula is C26H26ClN3O5S. The van der Waals surface area contributed by atoms with E-state index < -0.39 is 22.0 Å². The van der Waals surface area contributed by atoms with Crippen molar-refractivity contribution in [3.63, 3.8) is 0 Å². The Balaban J connectivity index is 1.56. The number of carbonyl (C=O) groups excluding carboxylic acids is 2. The maximum absolute atomic E-state index is 13.6. The molecule has 4 rings (SSSR count). The fourth-order valence-corrected chi connectivity index (χ4v) is 4.68. The molecule has 1 atom stereocenters. The van der Waals surface area contributed by atoms with E-state index in [0.29, 0.717) is 24.4 Å². The van der Waals surface area contributed by atoms with Crippen LogP contribution in [0, 0.1) is 0 Å². The van der Waals surface area contributed by atoms with E-state index >= 15 is 0 Å². The lowest BCUT2D eigenvalue weighted by molar-refractivity contribution is -0.127. The number of nitrogens with zero attached hydrogens (tertiary/aromatic N) is 2. The molecule has 0 aromatic heterocycles. The molecule has 36 heavy (non-hydrogen) atoms. The topological polar surface area (TPSA) is 96.0 Å². The number of para-hydroxylation sites is 2. The van der Waals surface area contributed by atoms with Gasteiger partial charge in [0.2, 0.25) is 10.0 Å². The lowest BCUT2D eigenvalue weighted by Crippen LogP contribution is -2.51. The molecule has 2 amide bonds. The molecule has 8 nitrogen and oxygen atoms in total. The number of hydrogen-bond donors (Lipinski definition) is 1. The highest BCUT2D eigenvalue weighted by molar-refractivity contribution is 7.92. The Morgan fingerprint density at radius 2 is 1.78 bits per heavy atom. The van der Waals surface area contributed by atoms with Crippen LogP contribution in [0.1, 0.15) is 15.9 Å². The SMILES string of the molecule is CN(c1cc(C(=O)N2CC(C(=O)NCCc3ccccc3)Oc3ccccc32)ccc1Cl)S(C)(=O)=O. The number of fused-ring (bicyclic) bond motifs is 1. The predicted molar refractivity (Wildman–Crippen MR) is 140 cm³/mol. The number of nitrogens with one attached hydrogen (secondary N) is 1. The third kappa shape index (κ3) is 5.63. The van der Waals surface area contributed by atoms with Crippen molar-refractivity contribution in [1.82, 2.24) is 5.32 Å². The highest BCUT2D eigenvalue weighted by atomic mass is 35.5. The Labute approximate surface area is 215 Å². The Morgan fingerprint density at radius 1 is 1.08 bits per heavy atom. The van der Waals surface area contributed by atoms with Crippen LogP contribution in [0.25, 0.3) is 0 Å². The Kier molecular flexibility index (Phi) is 7.51. The van der Waals surface area contributed by atoms with Gasteiger partial charge in [-0.15, -0.1) is 0 Å². The molecule has 1 heterocycles. The summed E-state index contributed by atoms with van der Waals surface area (Å²) >= 11 is 6.22. The van der Waals surface area contributed by atoms with Crippen LogP contribution in [0.3, 0.4) is 0 Å². The number of rotatable bonds is 7. The second-order valence-corrected chi connectivity index (χ2v) is 10.8. The molecule has 10 heteroatoms. The summed E-state index contributed by atoms with van der Waals surface area (Å²) in [5, 5.41) is 3.08. The number of sulfonamides is 1. The smallest absolute Gasteiger partial charge is 0.262 e. The number of carbonyl (C=O) groups is 2. The number of benzene rings is 3. The van der Waals surface area contributed by atoms with Gasteiger partial charge in [0.05, 0.1) is 29.2 Å². The average molecular weight is 528 g/mol. The summed E-state index contributed by atoms with van der Waals surface area (Å²) in [5.74, 6) is -0.331. The summed E-state index contributed by atoms with van der Waals surface area (Å²) in [5.41, 5.74) is 2.03. The average Bonchev–Trinajstić information content (AvgIpc) is 2.87. The van der Waals surface area contributed by atoms with Crippen LogP contribution < -0.4 is 19.3 Å². The summed E-state index contributed by atoms with van der Waals surface area (Å²) in [6, 6.07) is 21.2. The first kappa shape index (κ1) is 25.5. The zero-order valence-electron chi connectivity index (χ0n) is 19.8. The Morgan fingerprint density at radius 3 is 2.50 bits per heavy atom. The van der Waals surface area contributed by atoms with Gasteiger partial charge in [0.25, 0.3) is 11.8 Å². The van der Waals surface area contributed by atoms with E-state index in [1.807, 2.05) is 30.3 Å². The van der Waals surface area contributed by atoms with Gasteiger partial charge in [-0.1, -0.05) is 54.1 Å². The molecule has 0 radical (unpaired) electrons. The van der Waals surface area contributed by atoms with E-state index in [2.05, 4.69) is 5.32 Å². The van der Waals surface area contributed by atoms with E-state index in [0.717, 1.165) is 16.1 Å². The minimum Gasteiger partial charge on any atom is -0.477 e. The van der Waals surface area contributed by atoms with Crippen LogP contribution in [-0.2, 0) is 21.2 Å². The lowest BCUT2D eigenvalue weighted by Gasteiger charge is -2.34. The van der Waals surface area contributed by atoms with Gasteiger partial charge in [-0.05, 0) is 42.3 Å². The molecule has 1 unspecified atom stereocenters. The van der Waals surface area contributed by atoms with Crippen LogP contribution in [0.2, 0.25) is 5.02 Å². The maximum atomic E-state index is 13.6. The highest BCUT2D eigenvalue weighted by Gasteiger charge is 2.34. The highest BCUT2D eigenvalue weighted by Crippen LogP contribution is 2.35. The molecule has 0 aliphatic carbocycles. The minimum absolute atomic E-state index is 0.00705. The molecule has 0 spiro atoms. The van der Waals surface area contributed by atoms with Gasteiger partial charge in [0.1, 0.15) is 5.75 Å². The van der Waals surface area contributed by atoms with Gasteiger partial charge in [0.15, 0.2) is 6.10 Å². The third-order valence-electron chi connectivity index (χ3n) is 5.90. The van der Waals surface area contributed by atoms with Gasteiger partial charge >= 0.3 is 0 Å². The summed E-state index contributed by atoms with van der Waals surface area (Å²) < 4.78 is 31.0. The first-order valence-electron chi connectivity index (χ1n) is 11.3. The number of amides is 2. The molecule has 0 saturated carbocycles. The Hall–Kier alpha value is -3.56. The number of anilines is 2. The van der Waals surface area contributed by atoms with E-state index in [-0.39, 0.29) is 28.7 Å². The molecular weight excluding hydrogens is 502 g/mol. The zero-order valence-corrected chi connectivity index (χ0v) is 21.4.